The minimum absolute atomic E-state index is 0.141. The number of benzene rings is 1. The third-order valence-corrected chi connectivity index (χ3v) is 2.02. The molecule has 14 heavy (non-hydrogen) atoms. The molecule has 0 aromatic heterocycles. The summed E-state index contributed by atoms with van der Waals surface area (Å²) >= 11 is 0. The van der Waals surface area contributed by atoms with Crippen LogP contribution in [0, 0.1) is 5.92 Å². The van der Waals surface area contributed by atoms with E-state index in [9.17, 15) is 0 Å². The molecule has 76 valence electrons. The molecular weight excluding hydrogens is 172 g/mol. The summed E-state index contributed by atoms with van der Waals surface area (Å²) < 4.78 is 0. The zero-order valence-corrected chi connectivity index (χ0v) is 9.36. The van der Waals surface area contributed by atoms with E-state index in [1.165, 1.54) is 0 Å². The number of fused-ring (bicyclic) bond motifs is 1. The molecule has 0 bridgehead atoms. The Morgan fingerprint density at radius 1 is 1.00 bits per heavy atom. The molecule has 1 heterocycles. The Bertz CT molecular complexity index is 358. The summed E-state index contributed by atoms with van der Waals surface area (Å²) in [6.45, 7) is 8.28. The van der Waals surface area contributed by atoms with Crippen molar-refractivity contribution in [3.8, 4) is 0 Å². The van der Waals surface area contributed by atoms with Crippen molar-refractivity contribution in [2.45, 2.75) is 33.9 Å². The fraction of sp³-hybridized carbons (Fsp3) is 0.500. The van der Waals surface area contributed by atoms with Gasteiger partial charge in [0, 0.05) is 0 Å². The van der Waals surface area contributed by atoms with Gasteiger partial charge in [-0.05, 0) is 18.1 Å². The normalized spacial score (nSPS) is 13.8. The van der Waals surface area contributed by atoms with Crippen LogP contribution in [-0.2, 0) is 0 Å². The highest BCUT2D eigenvalue weighted by molar-refractivity contribution is 5.04. The van der Waals surface area contributed by atoms with Crippen LogP contribution in [0.2, 0.25) is 0 Å². The van der Waals surface area contributed by atoms with Crippen molar-refractivity contribution < 1.29 is 0 Å². The molecule has 0 saturated carbocycles. The molecule has 0 aliphatic carbocycles. The highest BCUT2D eigenvalue weighted by Crippen LogP contribution is 2.07. The second kappa shape index (κ2) is 4.89. The van der Waals surface area contributed by atoms with Crippen molar-refractivity contribution in [2.24, 2.45) is 15.9 Å². The topological polar surface area (TPSA) is 24.7 Å². The molecule has 1 aromatic carbocycles. The minimum Gasteiger partial charge on any atom is -0.256 e. The molecule has 0 radical (unpaired) electrons. The summed E-state index contributed by atoms with van der Waals surface area (Å²) in [6.07, 6.45) is 0.141. The lowest BCUT2D eigenvalue weighted by molar-refractivity contribution is 0.510. The second-order valence-corrected chi connectivity index (χ2v) is 3.40. The average Bonchev–Trinajstić information content (AvgIpc) is 2.64. The van der Waals surface area contributed by atoms with Crippen LogP contribution in [-0.4, -0.2) is 6.17 Å². The first-order valence-corrected chi connectivity index (χ1v) is 5.28. The summed E-state index contributed by atoms with van der Waals surface area (Å²) in [7, 11) is 0. The molecule has 0 unspecified atom stereocenters. The average molecular weight is 190 g/mol. The van der Waals surface area contributed by atoms with E-state index in [4.69, 9.17) is 0 Å². The highest BCUT2D eigenvalue weighted by Gasteiger charge is 2.12. The van der Waals surface area contributed by atoms with Gasteiger partial charge >= 0.3 is 0 Å². The van der Waals surface area contributed by atoms with Gasteiger partial charge in [-0.15, -0.1) is 0 Å². The maximum Gasteiger partial charge on any atom is 0.143 e. The monoisotopic (exact) mass is 190 g/mol. The molecule has 0 N–H and O–H groups in total. The van der Waals surface area contributed by atoms with Crippen LogP contribution < -0.4 is 10.7 Å². The van der Waals surface area contributed by atoms with Crippen LogP contribution in [0.4, 0.5) is 0 Å². The van der Waals surface area contributed by atoms with E-state index in [-0.39, 0.29) is 6.17 Å². The van der Waals surface area contributed by atoms with Gasteiger partial charge in [0.2, 0.25) is 0 Å². The molecule has 1 aliphatic rings. The molecule has 1 aliphatic heterocycles. The van der Waals surface area contributed by atoms with Crippen molar-refractivity contribution >= 4 is 0 Å². The number of para-hydroxylation sites is 2. The summed E-state index contributed by atoms with van der Waals surface area (Å²) in [5, 5.41) is 2.08. The van der Waals surface area contributed by atoms with E-state index in [1.54, 1.807) is 0 Å². The molecule has 0 spiro atoms. The first kappa shape index (κ1) is 10.9. The lowest BCUT2D eigenvalue weighted by atomic mass is 10.2. The maximum atomic E-state index is 4.48. The van der Waals surface area contributed by atoms with Crippen LogP contribution in [0.1, 0.15) is 27.7 Å². The molecule has 0 amide bonds. The smallest absolute Gasteiger partial charge is 0.143 e. The largest absolute Gasteiger partial charge is 0.256 e. The van der Waals surface area contributed by atoms with Crippen molar-refractivity contribution in [1.29, 1.82) is 0 Å². The van der Waals surface area contributed by atoms with Gasteiger partial charge in [-0.1, -0.05) is 39.8 Å². The van der Waals surface area contributed by atoms with Crippen molar-refractivity contribution in [2.75, 3.05) is 0 Å². The number of hydrogen-bond acceptors (Lipinski definition) is 2. The number of hydrogen-bond donors (Lipinski definition) is 0. The second-order valence-electron chi connectivity index (χ2n) is 3.40. The summed E-state index contributed by atoms with van der Waals surface area (Å²) in [5.74, 6) is 0.498. The van der Waals surface area contributed by atoms with Crippen molar-refractivity contribution in [3.63, 3.8) is 0 Å². The molecule has 0 saturated heterocycles. The maximum absolute atomic E-state index is 4.48. The Balaban J connectivity index is 0.000000461. The van der Waals surface area contributed by atoms with Gasteiger partial charge in [0.25, 0.3) is 0 Å². The molecule has 2 rings (SSSR count). The summed E-state index contributed by atoms with van der Waals surface area (Å²) in [6, 6.07) is 8.03. The molecular formula is C12H18N2. The zero-order valence-electron chi connectivity index (χ0n) is 9.36. The first-order valence-electron chi connectivity index (χ1n) is 5.28. The quantitative estimate of drug-likeness (QED) is 0.646. The fourth-order valence-electron chi connectivity index (χ4n) is 1.29. The van der Waals surface area contributed by atoms with Crippen LogP contribution >= 0.6 is 0 Å². The van der Waals surface area contributed by atoms with Gasteiger partial charge in [-0.25, -0.2) is 0 Å². The van der Waals surface area contributed by atoms with Gasteiger partial charge in [-0.3, -0.25) is 9.98 Å². The first-order chi connectivity index (χ1) is 6.77. The van der Waals surface area contributed by atoms with Crippen LogP contribution in [0.3, 0.4) is 0 Å². The van der Waals surface area contributed by atoms with Crippen molar-refractivity contribution in [1.82, 2.24) is 0 Å². The Hall–Kier alpha value is -1.18. The third-order valence-electron chi connectivity index (χ3n) is 2.02. The van der Waals surface area contributed by atoms with E-state index >= 15 is 0 Å². The van der Waals surface area contributed by atoms with Crippen LogP contribution in [0.15, 0.2) is 34.3 Å². The molecule has 2 heteroatoms. The Morgan fingerprint density at radius 3 is 1.79 bits per heavy atom. The zero-order chi connectivity index (χ0) is 10.6. The van der Waals surface area contributed by atoms with Gasteiger partial charge < -0.3 is 0 Å². The van der Waals surface area contributed by atoms with Gasteiger partial charge in [0.15, 0.2) is 0 Å². The fourth-order valence-corrected chi connectivity index (χ4v) is 1.29. The Labute approximate surface area is 85.4 Å². The molecule has 1 aromatic rings. The lowest BCUT2D eigenvalue weighted by Gasteiger charge is -2.05. The lowest BCUT2D eigenvalue weighted by Crippen LogP contribution is -2.19. The number of rotatable bonds is 1. The summed E-state index contributed by atoms with van der Waals surface area (Å²) in [5.41, 5.74) is 0. The van der Waals surface area contributed by atoms with Crippen LogP contribution in [0.5, 0.6) is 0 Å². The minimum atomic E-state index is 0.141. The van der Waals surface area contributed by atoms with E-state index in [0.717, 1.165) is 10.7 Å². The van der Waals surface area contributed by atoms with Gasteiger partial charge in [0.1, 0.15) is 6.17 Å². The van der Waals surface area contributed by atoms with Crippen LogP contribution in [0.25, 0.3) is 0 Å². The third kappa shape index (κ3) is 2.19. The molecule has 0 fully saturated rings. The predicted octanol–water partition coefficient (Wildman–Crippen LogP) is 1.95. The molecule has 2 nitrogen and oxygen atoms in total. The van der Waals surface area contributed by atoms with E-state index in [0.29, 0.717) is 5.92 Å². The highest BCUT2D eigenvalue weighted by atomic mass is 15.0. The predicted molar refractivity (Wildman–Crippen MR) is 58.7 cm³/mol. The van der Waals surface area contributed by atoms with E-state index < -0.39 is 0 Å². The van der Waals surface area contributed by atoms with Crippen molar-refractivity contribution in [3.05, 3.63) is 35.0 Å². The van der Waals surface area contributed by atoms with Gasteiger partial charge in [0.05, 0.1) is 10.7 Å². The van der Waals surface area contributed by atoms with E-state index in [2.05, 4.69) is 23.8 Å². The Morgan fingerprint density at radius 2 is 1.43 bits per heavy atom. The SMILES string of the molecule is CC.CC(C)C1N=c2ccccc2=N1. The van der Waals surface area contributed by atoms with Gasteiger partial charge in [-0.2, -0.15) is 0 Å². The standard InChI is InChI=1S/C10H12N2.C2H6/c1-7(2)10-11-8-5-3-4-6-9(8)12-10;1-2/h3-7,10H,1-2H3;1-2H3. The molecule has 0 atom stereocenters. The Kier molecular flexibility index (Phi) is 3.81. The van der Waals surface area contributed by atoms with E-state index in [1.807, 2.05) is 38.1 Å². The number of nitrogens with zero attached hydrogens (tertiary/aromatic N) is 2. The summed E-state index contributed by atoms with van der Waals surface area (Å²) in [4.78, 5) is 8.97.